The predicted octanol–water partition coefficient (Wildman–Crippen LogP) is 2.15. The van der Waals surface area contributed by atoms with Crippen molar-refractivity contribution in [3.8, 4) is 11.5 Å². The summed E-state index contributed by atoms with van der Waals surface area (Å²) in [6.45, 7) is 5.41. The van der Waals surface area contributed by atoms with Crippen molar-refractivity contribution >= 4 is 5.91 Å². The van der Waals surface area contributed by atoms with Gasteiger partial charge in [0.25, 0.3) is 5.91 Å². The second kappa shape index (κ2) is 7.49. The minimum absolute atomic E-state index is 0.153. The second-order valence-electron chi connectivity index (χ2n) is 4.73. The largest absolute Gasteiger partial charge is 0.490 e. The first-order chi connectivity index (χ1) is 10.6. The van der Waals surface area contributed by atoms with Gasteiger partial charge in [0.1, 0.15) is 0 Å². The average molecular weight is 303 g/mol. The van der Waals surface area contributed by atoms with Gasteiger partial charge < -0.3 is 14.8 Å². The van der Waals surface area contributed by atoms with Gasteiger partial charge in [-0.25, -0.2) is 0 Å². The first-order valence-electron chi connectivity index (χ1n) is 7.29. The molecule has 0 saturated heterocycles. The Morgan fingerprint density at radius 1 is 1.23 bits per heavy atom. The van der Waals surface area contributed by atoms with Crippen molar-refractivity contribution in [1.82, 2.24) is 15.1 Å². The molecule has 0 aliphatic heterocycles. The fourth-order valence-electron chi connectivity index (χ4n) is 2.03. The number of benzene rings is 1. The molecule has 0 atom stereocenters. The standard InChI is InChI=1S/C16H21N3O3/c1-4-21-14-7-6-12(8-15(14)22-5-2)9-17-16(20)13-10-18-19(3)11-13/h6-8,10-11H,4-5,9H2,1-3H3,(H,17,20). The Bertz CT molecular complexity index is 637. The molecule has 118 valence electrons. The Labute approximate surface area is 130 Å². The summed E-state index contributed by atoms with van der Waals surface area (Å²) in [6.07, 6.45) is 3.22. The Morgan fingerprint density at radius 3 is 2.59 bits per heavy atom. The van der Waals surface area contributed by atoms with Gasteiger partial charge in [0.15, 0.2) is 11.5 Å². The summed E-state index contributed by atoms with van der Waals surface area (Å²) < 4.78 is 12.7. The van der Waals surface area contributed by atoms with Crippen LogP contribution in [-0.2, 0) is 13.6 Å². The lowest BCUT2D eigenvalue weighted by Gasteiger charge is -2.12. The van der Waals surface area contributed by atoms with E-state index in [1.54, 1.807) is 24.1 Å². The van der Waals surface area contributed by atoms with E-state index in [1.165, 1.54) is 0 Å². The molecule has 6 heteroatoms. The summed E-state index contributed by atoms with van der Waals surface area (Å²) in [5.41, 5.74) is 1.49. The van der Waals surface area contributed by atoms with Gasteiger partial charge >= 0.3 is 0 Å². The molecule has 1 aromatic heterocycles. The highest BCUT2D eigenvalue weighted by Gasteiger charge is 2.09. The number of carbonyl (C=O) groups is 1. The molecule has 1 aromatic carbocycles. The van der Waals surface area contributed by atoms with Crippen LogP contribution in [0.1, 0.15) is 29.8 Å². The van der Waals surface area contributed by atoms with E-state index in [-0.39, 0.29) is 5.91 Å². The maximum absolute atomic E-state index is 12.0. The number of ether oxygens (including phenoxy) is 2. The molecule has 1 N–H and O–H groups in total. The third kappa shape index (κ3) is 4.00. The Hall–Kier alpha value is -2.50. The summed E-state index contributed by atoms with van der Waals surface area (Å²) in [4.78, 5) is 12.0. The lowest BCUT2D eigenvalue weighted by molar-refractivity contribution is 0.0951. The van der Waals surface area contributed by atoms with Crippen LogP contribution in [0.15, 0.2) is 30.6 Å². The van der Waals surface area contributed by atoms with E-state index in [9.17, 15) is 4.79 Å². The van der Waals surface area contributed by atoms with Gasteiger partial charge in [0.2, 0.25) is 0 Å². The highest BCUT2D eigenvalue weighted by molar-refractivity contribution is 5.93. The highest BCUT2D eigenvalue weighted by Crippen LogP contribution is 2.28. The molecule has 0 radical (unpaired) electrons. The van der Waals surface area contributed by atoms with Crippen molar-refractivity contribution in [2.75, 3.05) is 13.2 Å². The van der Waals surface area contributed by atoms with Crippen molar-refractivity contribution in [1.29, 1.82) is 0 Å². The fourth-order valence-corrected chi connectivity index (χ4v) is 2.03. The number of hydrogen-bond donors (Lipinski definition) is 1. The van der Waals surface area contributed by atoms with Gasteiger partial charge in [-0.15, -0.1) is 0 Å². The van der Waals surface area contributed by atoms with Gasteiger partial charge in [-0.05, 0) is 31.5 Å². The van der Waals surface area contributed by atoms with Crippen molar-refractivity contribution in [2.45, 2.75) is 20.4 Å². The third-order valence-electron chi connectivity index (χ3n) is 3.03. The maximum Gasteiger partial charge on any atom is 0.254 e. The minimum Gasteiger partial charge on any atom is -0.490 e. The molecule has 0 fully saturated rings. The summed E-state index contributed by atoms with van der Waals surface area (Å²) in [5.74, 6) is 1.25. The van der Waals surface area contributed by atoms with Gasteiger partial charge in [-0.2, -0.15) is 5.10 Å². The molecule has 1 heterocycles. The lowest BCUT2D eigenvalue weighted by Crippen LogP contribution is -2.22. The monoisotopic (exact) mass is 303 g/mol. The van der Waals surface area contributed by atoms with Crippen LogP contribution < -0.4 is 14.8 Å². The number of aryl methyl sites for hydroxylation is 1. The second-order valence-corrected chi connectivity index (χ2v) is 4.73. The zero-order chi connectivity index (χ0) is 15.9. The number of nitrogens with zero attached hydrogens (tertiary/aromatic N) is 2. The van der Waals surface area contributed by atoms with E-state index in [2.05, 4.69) is 10.4 Å². The summed E-state index contributed by atoms with van der Waals surface area (Å²) in [6, 6.07) is 5.66. The van der Waals surface area contributed by atoms with Gasteiger partial charge in [-0.1, -0.05) is 6.07 Å². The number of carbonyl (C=O) groups excluding carboxylic acids is 1. The fraction of sp³-hybridized carbons (Fsp3) is 0.375. The van der Waals surface area contributed by atoms with Crippen LogP contribution in [0.5, 0.6) is 11.5 Å². The first-order valence-corrected chi connectivity index (χ1v) is 7.29. The number of hydrogen-bond acceptors (Lipinski definition) is 4. The predicted molar refractivity (Wildman–Crippen MR) is 83.2 cm³/mol. The molecule has 0 aliphatic rings. The summed E-state index contributed by atoms with van der Waals surface area (Å²) >= 11 is 0. The molecule has 0 bridgehead atoms. The molecule has 0 saturated carbocycles. The van der Waals surface area contributed by atoms with E-state index in [0.29, 0.717) is 36.8 Å². The first kappa shape index (κ1) is 15.9. The smallest absolute Gasteiger partial charge is 0.254 e. The molecule has 6 nitrogen and oxygen atoms in total. The molecular formula is C16H21N3O3. The van der Waals surface area contributed by atoms with Crippen LogP contribution in [0, 0.1) is 0 Å². The van der Waals surface area contributed by atoms with Gasteiger partial charge in [0.05, 0.1) is 25.0 Å². The van der Waals surface area contributed by atoms with E-state index < -0.39 is 0 Å². The lowest BCUT2D eigenvalue weighted by atomic mass is 10.2. The molecule has 0 aliphatic carbocycles. The van der Waals surface area contributed by atoms with E-state index in [1.807, 2.05) is 32.0 Å². The van der Waals surface area contributed by atoms with E-state index in [0.717, 1.165) is 5.56 Å². The molecule has 1 amide bonds. The summed E-state index contributed by atoms with van der Waals surface area (Å²) in [5, 5.41) is 6.84. The number of aromatic nitrogens is 2. The van der Waals surface area contributed by atoms with Crippen LogP contribution in [0.2, 0.25) is 0 Å². The normalized spacial score (nSPS) is 10.3. The highest BCUT2D eigenvalue weighted by atomic mass is 16.5. The van der Waals surface area contributed by atoms with Crippen molar-refractivity contribution in [2.24, 2.45) is 7.05 Å². The molecular weight excluding hydrogens is 282 g/mol. The molecule has 2 rings (SSSR count). The van der Waals surface area contributed by atoms with Crippen LogP contribution in [-0.4, -0.2) is 28.9 Å². The van der Waals surface area contributed by atoms with Crippen molar-refractivity contribution < 1.29 is 14.3 Å². The Kier molecular flexibility index (Phi) is 5.41. The zero-order valence-electron chi connectivity index (χ0n) is 13.1. The Balaban J connectivity index is 2.03. The Morgan fingerprint density at radius 2 is 1.95 bits per heavy atom. The van der Waals surface area contributed by atoms with Crippen LogP contribution in [0.3, 0.4) is 0 Å². The van der Waals surface area contributed by atoms with Crippen LogP contribution >= 0.6 is 0 Å². The summed E-state index contributed by atoms with van der Waals surface area (Å²) in [7, 11) is 1.78. The minimum atomic E-state index is -0.153. The molecule has 2 aromatic rings. The van der Waals surface area contributed by atoms with E-state index in [4.69, 9.17) is 9.47 Å². The number of amides is 1. The van der Waals surface area contributed by atoms with Crippen molar-refractivity contribution in [3.05, 3.63) is 41.7 Å². The molecule has 0 spiro atoms. The topological polar surface area (TPSA) is 65.4 Å². The van der Waals surface area contributed by atoms with E-state index >= 15 is 0 Å². The average Bonchev–Trinajstić information content (AvgIpc) is 2.94. The SMILES string of the molecule is CCOc1ccc(CNC(=O)c2cnn(C)c2)cc1OCC. The molecule has 22 heavy (non-hydrogen) atoms. The number of rotatable bonds is 7. The molecule has 0 unspecified atom stereocenters. The van der Waals surface area contributed by atoms with Crippen LogP contribution in [0.4, 0.5) is 0 Å². The van der Waals surface area contributed by atoms with Crippen LogP contribution in [0.25, 0.3) is 0 Å². The van der Waals surface area contributed by atoms with Gasteiger partial charge in [-0.3, -0.25) is 9.48 Å². The van der Waals surface area contributed by atoms with Crippen molar-refractivity contribution in [3.63, 3.8) is 0 Å². The zero-order valence-corrected chi connectivity index (χ0v) is 13.1. The number of nitrogens with one attached hydrogen (secondary N) is 1. The van der Waals surface area contributed by atoms with Gasteiger partial charge in [0, 0.05) is 19.8 Å². The third-order valence-corrected chi connectivity index (χ3v) is 3.03. The quantitative estimate of drug-likeness (QED) is 0.851. The maximum atomic E-state index is 12.0.